The summed E-state index contributed by atoms with van der Waals surface area (Å²) in [6.45, 7) is 8.25. The van der Waals surface area contributed by atoms with Crippen molar-refractivity contribution < 1.29 is 14.6 Å². The van der Waals surface area contributed by atoms with Crippen molar-refractivity contribution in [3.8, 4) is 5.75 Å². The van der Waals surface area contributed by atoms with Gasteiger partial charge in [-0.05, 0) is 36.5 Å². The van der Waals surface area contributed by atoms with Crippen LogP contribution in [0.2, 0.25) is 0 Å². The zero-order valence-corrected chi connectivity index (χ0v) is 12.3. The van der Waals surface area contributed by atoms with Crippen LogP contribution in [-0.4, -0.2) is 24.2 Å². The predicted molar refractivity (Wildman–Crippen MR) is 75.1 cm³/mol. The minimum absolute atomic E-state index is 0.159. The molecule has 0 heterocycles. The van der Waals surface area contributed by atoms with E-state index in [4.69, 9.17) is 4.74 Å². The van der Waals surface area contributed by atoms with Gasteiger partial charge in [0.15, 0.2) is 0 Å². The van der Waals surface area contributed by atoms with Gasteiger partial charge in [-0.3, -0.25) is 4.79 Å². The number of aryl methyl sites for hydroxylation is 2. The Bertz CT molecular complexity index is 432. The summed E-state index contributed by atoms with van der Waals surface area (Å²) in [5, 5.41) is 12.9. The van der Waals surface area contributed by atoms with Crippen molar-refractivity contribution in [3.63, 3.8) is 0 Å². The molecule has 2 N–H and O–H groups in total. The molecule has 1 rings (SSSR count). The summed E-state index contributed by atoms with van der Waals surface area (Å²) in [4.78, 5) is 11.6. The zero-order chi connectivity index (χ0) is 14.6. The SMILES string of the molecule is COC(=O)[C@@H](NCc1cc(C)c(O)c(C)c1)C(C)C. The van der Waals surface area contributed by atoms with Crippen LogP contribution in [0.1, 0.15) is 30.5 Å². The van der Waals surface area contributed by atoms with E-state index < -0.39 is 0 Å². The molecule has 0 amide bonds. The fourth-order valence-electron chi connectivity index (χ4n) is 2.09. The Morgan fingerprint density at radius 2 is 1.84 bits per heavy atom. The van der Waals surface area contributed by atoms with Crippen LogP contribution in [0.4, 0.5) is 0 Å². The Morgan fingerprint density at radius 1 is 1.32 bits per heavy atom. The molecule has 0 radical (unpaired) electrons. The third kappa shape index (κ3) is 3.96. The fourth-order valence-corrected chi connectivity index (χ4v) is 2.09. The maximum Gasteiger partial charge on any atom is 0.323 e. The lowest BCUT2D eigenvalue weighted by Crippen LogP contribution is -2.41. The maximum absolute atomic E-state index is 11.6. The van der Waals surface area contributed by atoms with Crippen LogP contribution in [0.25, 0.3) is 0 Å². The first-order chi connectivity index (χ1) is 8.86. The van der Waals surface area contributed by atoms with E-state index in [2.05, 4.69) is 5.32 Å². The zero-order valence-electron chi connectivity index (χ0n) is 12.3. The van der Waals surface area contributed by atoms with Crippen LogP contribution in [0, 0.1) is 19.8 Å². The summed E-state index contributed by atoms with van der Waals surface area (Å²) in [7, 11) is 1.40. The number of esters is 1. The molecule has 0 saturated heterocycles. The quantitative estimate of drug-likeness (QED) is 0.802. The highest BCUT2D eigenvalue weighted by atomic mass is 16.5. The molecule has 19 heavy (non-hydrogen) atoms. The number of hydrogen-bond donors (Lipinski definition) is 2. The molecule has 0 aliphatic carbocycles. The van der Waals surface area contributed by atoms with Crippen molar-refractivity contribution in [1.82, 2.24) is 5.32 Å². The van der Waals surface area contributed by atoms with Crippen molar-refractivity contribution in [2.75, 3.05) is 7.11 Å². The maximum atomic E-state index is 11.6. The van der Waals surface area contributed by atoms with Crippen molar-refractivity contribution in [3.05, 3.63) is 28.8 Å². The number of phenolic OH excluding ortho intramolecular Hbond substituents is 1. The van der Waals surface area contributed by atoms with Gasteiger partial charge in [-0.25, -0.2) is 0 Å². The molecule has 0 aliphatic heterocycles. The number of ether oxygens (including phenoxy) is 1. The molecule has 0 saturated carbocycles. The molecule has 0 bridgehead atoms. The summed E-state index contributed by atoms with van der Waals surface area (Å²) in [5.74, 6) is 0.242. The Kier molecular flexibility index (Phi) is 5.36. The number of hydrogen-bond acceptors (Lipinski definition) is 4. The number of phenols is 1. The number of carbonyl (C=O) groups excluding carboxylic acids is 1. The number of nitrogens with one attached hydrogen (secondary N) is 1. The lowest BCUT2D eigenvalue weighted by atomic mass is 10.0. The molecule has 4 heteroatoms. The van der Waals surface area contributed by atoms with Crippen LogP contribution >= 0.6 is 0 Å². The second-order valence-electron chi connectivity index (χ2n) is 5.20. The number of carbonyl (C=O) groups is 1. The van der Waals surface area contributed by atoms with Gasteiger partial charge >= 0.3 is 5.97 Å². The van der Waals surface area contributed by atoms with E-state index in [1.165, 1.54) is 7.11 Å². The van der Waals surface area contributed by atoms with Gasteiger partial charge in [0.05, 0.1) is 7.11 Å². The first-order valence-corrected chi connectivity index (χ1v) is 6.47. The number of rotatable bonds is 5. The molecule has 0 aromatic heterocycles. The van der Waals surface area contributed by atoms with Crippen LogP contribution in [0.3, 0.4) is 0 Å². The molecular weight excluding hydrogens is 242 g/mol. The molecule has 1 aromatic carbocycles. The van der Waals surface area contributed by atoms with Gasteiger partial charge in [0.2, 0.25) is 0 Å². The summed E-state index contributed by atoms with van der Waals surface area (Å²) < 4.78 is 4.79. The standard InChI is InChI=1S/C15H23NO3/c1-9(2)13(15(18)19-5)16-8-12-6-10(3)14(17)11(4)7-12/h6-7,9,13,16-17H,8H2,1-5H3/t13-/m0/s1. The van der Waals surface area contributed by atoms with Gasteiger partial charge < -0.3 is 15.2 Å². The second-order valence-corrected chi connectivity index (χ2v) is 5.20. The van der Waals surface area contributed by atoms with E-state index in [1.54, 1.807) is 0 Å². The van der Waals surface area contributed by atoms with Crippen LogP contribution in [0.5, 0.6) is 5.75 Å². The van der Waals surface area contributed by atoms with E-state index in [-0.39, 0.29) is 17.9 Å². The fraction of sp³-hybridized carbons (Fsp3) is 0.533. The topological polar surface area (TPSA) is 58.6 Å². The van der Waals surface area contributed by atoms with E-state index in [1.807, 2.05) is 39.8 Å². The lowest BCUT2D eigenvalue weighted by Gasteiger charge is -2.20. The van der Waals surface area contributed by atoms with Gasteiger partial charge in [-0.15, -0.1) is 0 Å². The Morgan fingerprint density at radius 3 is 2.26 bits per heavy atom. The molecule has 1 atom stereocenters. The number of methoxy groups -OCH3 is 1. The smallest absolute Gasteiger partial charge is 0.323 e. The second kappa shape index (κ2) is 6.57. The molecule has 0 unspecified atom stereocenters. The molecule has 0 spiro atoms. The molecule has 4 nitrogen and oxygen atoms in total. The third-order valence-electron chi connectivity index (χ3n) is 3.20. The van der Waals surface area contributed by atoms with Crippen LogP contribution < -0.4 is 5.32 Å². The van der Waals surface area contributed by atoms with E-state index in [0.29, 0.717) is 12.3 Å². The van der Waals surface area contributed by atoms with Gasteiger partial charge in [0.1, 0.15) is 11.8 Å². The Labute approximate surface area is 114 Å². The average Bonchev–Trinajstić information content (AvgIpc) is 2.35. The lowest BCUT2D eigenvalue weighted by molar-refractivity contribution is -0.144. The van der Waals surface area contributed by atoms with E-state index in [0.717, 1.165) is 16.7 Å². The Hall–Kier alpha value is -1.55. The summed E-state index contributed by atoms with van der Waals surface area (Å²) in [6, 6.07) is 3.52. The molecule has 0 aliphatic rings. The average molecular weight is 265 g/mol. The first-order valence-electron chi connectivity index (χ1n) is 6.47. The summed E-state index contributed by atoms with van der Waals surface area (Å²) in [6.07, 6.45) is 0. The van der Waals surface area contributed by atoms with Crippen molar-refractivity contribution >= 4 is 5.97 Å². The monoisotopic (exact) mass is 265 g/mol. The molecule has 0 fully saturated rings. The molecule has 106 valence electrons. The summed E-state index contributed by atoms with van der Waals surface area (Å²) in [5.41, 5.74) is 2.73. The number of aromatic hydroxyl groups is 1. The van der Waals surface area contributed by atoms with Gasteiger partial charge in [-0.1, -0.05) is 26.0 Å². The highest BCUT2D eigenvalue weighted by Crippen LogP contribution is 2.23. The van der Waals surface area contributed by atoms with Gasteiger partial charge in [-0.2, -0.15) is 0 Å². The van der Waals surface area contributed by atoms with Crippen molar-refractivity contribution in [1.29, 1.82) is 0 Å². The largest absolute Gasteiger partial charge is 0.507 e. The van der Waals surface area contributed by atoms with Crippen LogP contribution in [-0.2, 0) is 16.1 Å². The van der Waals surface area contributed by atoms with Crippen molar-refractivity contribution in [2.45, 2.75) is 40.3 Å². The van der Waals surface area contributed by atoms with E-state index >= 15 is 0 Å². The van der Waals surface area contributed by atoms with Crippen molar-refractivity contribution in [2.24, 2.45) is 5.92 Å². The van der Waals surface area contributed by atoms with Crippen LogP contribution in [0.15, 0.2) is 12.1 Å². The predicted octanol–water partition coefficient (Wildman–Crippen LogP) is 2.30. The highest BCUT2D eigenvalue weighted by molar-refractivity contribution is 5.75. The molecular formula is C15H23NO3. The number of benzene rings is 1. The normalized spacial score (nSPS) is 12.5. The summed E-state index contributed by atoms with van der Waals surface area (Å²) >= 11 is 0. The van der Waals surface area contributed by atoms with Gasteiger partial charge in [0, 0.05) is 6.54 Å². The first kappa shape index (κ1) is 15.5. The minimum atomic E-state index is -0.320. The van der Waals surface area contributed by atoms with E-state index in [9.17, 15) is 9.90 Å². The third-order valence-corrected chi connectivity index (χ3v) is 3.20. The minimum Gasteiger partial charge on any atom is -0.507 e. The molecule has 1 aromatic rings. The van der Waals surface area contributed by atoms with Gasteiger partial charge in [0.25, 0.3) is 0 Å². The Balaban J connectivity index is 2.77. The highest BCUT2D eigenvalue weighted by Gasteiger charge is 2.22.